The lowest BCUT2D eigenvalue weighted by atomic mass is 10.2. The number of rotatable bonds is 6. The number of amides is 1. The standard InChI is InChI=1S/C12H16INO3/c1-3-5-17-11-9(13)6-8(12(14)15)7-10(11)16-4-2/h6-7H,3-5H2,1-2H3,(H2,14,15). The fourth-order valence-electron chi connectivity index (χ4n) is 1.32. The Morgan fingerprint density at radius 2 is 2.06 bits per heavy atom. The number of hydrogen-bond donors (Lipinski definition) is 1. The minimum Gasteiger partial charge on any atom is -0.490 e. The zero-order chi connectivity index (χ0) is 12.8. The SMILES string of the molecule is CCCOc1c(I)cc(C(N)=O)cc1OCC. The number of halogens is 1. The summed E-state index contributed by atoms with van der Waals surface area (Å²) in [6.45, 7) is 5.05. The highest BCUT2D eigenvalue weighted by atomic mass is 127. The number of hydrogen-bond acceptors (Lipinski definition) is 3. The fraction of sp³-hybridized carbons (Fsp3) is 0.417. The quantitative estimate of drug-likeness (QED) is 0.803. The van der Waals surface area contributed by atoms with E-state index in [0.29, 0.717) is 30.3 Å². The molecule has 0 saturated carbocycles. The third-order valence-corrected chi connectivity index (χ3v) is 2.85. The Bertz CT molecular complexity index is 407. The first-order valence-electron chi connectivity index (χ1n) is 5.49. The summed E-state index contributed by atoms with van der Waals surface area (Å²) in [6.07, 6.45) is 0.916. The van der Waals surface area contributed by atoms with Crippen LogP contribution in [0.25, 0.3) is 0 Å². The van der Waals surface area contributed by atoms with E-state index in [1.165, 1.54) is 0 Å². The van der Waals surface area contributed by atoms with Crippen molar-refractivity contribution >= 4 is 28.5 Å². The highest BCUT2D eigenvalue weighted by Gasteiger charge is 2.14. The molecule has 1 aromatic rings. The van der Waals surface area contributed by atoms with Crippen LogP contribution < -0.4 is 15.2 Å². The molecule has 94 valence electrons. The molecule has 5 heteroatoms. The van der Waals surface area contributed by atoms with Gasteiger partial charge in [0.2, 0.25) is 5.91 Å². The Balaban J connectivity index is 3.12. The van der Waals surface area contributed by atoms with Crippen molar-refractivity contribution in [1.82, 2.24) is 0 Å². The molecule has 0 bridgehead atoms. The molecule has 1 amide bonds. The van der Waals surface area contributed by atoms with E-state index in [0.717, 1.165) is 9.99 Å². The predicted molar refractivity (Wildman–Crippen MR) is 74.6 cm³/mol. The first kappa shape index (κ1) is 14.1. The van der Waals surface area contributed by atoms with Gasteiger partial charge in [0.25, 0.3) is 0 Å². The maximum atomic E-state index is 11.2. The lowest BCUT2D eigenvalue weighted by Gasteiger charge is -2.14. The van der Waals surface area contributed by atoms with Crippen molar-refractivity contribution in [2.45, 2.75) is 20.3 Å². The van der Waals surface area contributed by atoms with Gasteiger partial charge < -0.3 is 15.2 Å². The van der Waals surface area contributed by atoms with Crippen molar-refractivity contribution in [2.75, 3.05) is 13.2 Å². The maximum Gasteiger partial charge on any atom is 0.248 e. The second kappa shape index (κ2) is 6.68. The first-order chi connectivity index (χ1) is 8.10. The number of nitrogens with two attached hydrogens (primary N) is 1. The lowest BCUT2D eigenvalue weighted by Crippen LogP contribution is -2.12. The Kier molecular flexibility index (Phi) is 5.54. The molecule has 0 aliphatic carbocycles. The van der Waals surface area contributed by atoms with Crippen LogP contribution in [0.1, 0.15) is 30.6 Å². The van der Waals surface area contributed by atoms with Crippen LogP contribution in [0.5, 0.6) is 11.5 Å². The summed E-state index contributed by atoms with van der Waals surface area (Å²) >= 11 is 2.11. The monoisotopic (exact) mass is 349 g/mol. The summed E-state index contributed by atoms with van der Waals surface area (Å²) in [5, 5.41) is 0. The molecule has 0 radical (unpaired) electrons. The van der Waals surface area contributed by atoms with Gasteiger partial charge in [-0.3, -0.25) is 4.79 Å². The molecule has 0 atom stereocenters. The third kappa shape index (κ3) is 3.76. The molecule has 0 aromatic heterocycles. The number of ether oxygens (including phenoxy) is 2. The molecule has 0 fully saturated rings. The molecule has 0 heterocycles. The third-order valence-electron chi connectivity index (χ3n) is 2.04. The van der Waals surface area contributed by atoms with Crippen molar-refractivity contribution in [1.29, 1.82) is 0 Å². The van der Waals surface area contributed by atoms with Crippen LogP contribution in [-0.2, 0) is 0 Å². The summed E-state index contributed by atoms with van der Waals surface area (Å²) in [5.74, 6) is 0.784. The molecule has 1 aromatic carbocycles. The second-order valence-electron chi connectivity index (χ2n) is 3.43. The highest BCUT2D eigenvalue weighted by molar-refractivity contribution is 14.1. The van der Waals surface area contributed by atoms with Gasteiger partial charge in [0.1, 0.15) is 0 Å². The van der Waals surface area contributed by atoms with Crippen molar-refractivity contribution < 1.29 is 14.3 Å². The van der Waals surface area contributed by atoms with E-state index in [1.807, 2.05) is 13.8 Å². The number of carbonyl (C=O) groups is 1. The predicted octanol–water partition coefficient (Wildman–Crippen LogP) is 2.58. The molecule has 2 N–H and O–H groups in total. The van der Waals surface area contributed by atoms with Crippen molar-refractivity contribution in [2.24, 2.45) is 5.73 Å². The largest absolute Gasteiger partial charge is 0.490 e. The summed E-state index contributed by atoms with van der Waals surface area (Å²) in [6, 6.07) is 3.33. The Labute approximate surface area is 115 Å². The average Bonchev–Trinajstić information content (AvgIpc) is 2.28. The van der Waals surface area contributed by atoms with Crippen LogP contribution >= 0.6 is 22.6 Å². The summed E-state index contributed by atoms with van der Waals surface area (Å²) < 4.78 is 11.9. The van der Waals surface area contributed by atoms with E-state index in [1.54, 1.807) is 12.1 Å². The Morgan fingerprint density at radius 3 is 2.59 bits per heavy atom. The van der Waals surface area contributed by atoms with Gasteiger partial charge in [-0.25, -0.2) is 0 Å². The lowest BCUT2D eigenvalue weighted by molar-refractivity contribution is 0.0999. The van der Waals surface area contributed by atoms with E-state index in [2.05, 4.69) is 22.6 Å². The van der Waals surface area contributed by atoms with Gasteiger partial charge in [0.15, 0.2) is 11.5 Å². The van der Waals surface area contributed by atoms with Crippen LogP contribution in [0, 0.1) is 3.57 Å². The molecule has 0 aliphatic rings. The van der Waals surface area contributed by atoms with Crippen LogP contribution in [-0.4, -0.2) is 19.1 Å². The van der Waals surface area contributed by atoms with E-state index in [9.17, 15) is 4.79 Å². The summed E-state index contributed by atoms with van der Waals surface area (Å²) in [7, 11) is 0. The van der Waals surface area contributed by atoms with E-state index in [4.69, 9.17) is 15.2 Å². The molecule has 0 spiro atoms. The fourth-order valence-corrected chi connectivity index (χ4v) is 2.07. The number of benzene rings is 1. The summed E-state index contributed by atoms with van der Waals surface area (Å²) in [5.41, 5.74) is 5.69. The van der Waals surface area contributed by atoms with Gasteiger partial charge in [0, 0.05) is 5.56 Å². The first-order valence-corrected chi connectivity index (χ1v) is 6.57. The van der Waals surface area contributed by atoms with Crippen LogP contribution in [0.3, 0.4) is 0 Å². The highest BCUT2D eigenvalue weighted by Crippen LogP contribution is 2.34. The normalized spacial score (nSPS) is 10.1. The molecular formula is C12H16INO3. The van der Waals surface area contributed by atoms with Crippen LogP contribution in [0.2, 0.25) is 0 Å². The molecule has 4 nitrogen and oxygen atoms in total. The Morgan fingerprint density at radius 1 is 1.35 bits per heavy atom. The molecule has 0 unspecified atom stereocenters. The number of primary amides is 1. The minimum atomic E-state index is -0.467. The van der Waals surface area contributed by atoms with Crippen LogP contribution in [0.4, 0.5) is 0 Å². The second-order valence-corrected chi connectivity index (χ2v) is 4.59. The maximum absolute atomic E-state index is 11.2. The number of carbonyl (C=O) groups excluding carboxylic acids is 1. The van der Waals surface area contributed by atoms with E-state index >= 15 is 0 Å². The average molecular weight is 349 g/mol. The van der Waals surface area contributed by atoms with Gasteiger partial charge >= 0.3 is 0 Å². The van der Waals surface area contributed by atoms with Gasteiger partial charge in [-0.1, -0.05) is 6.92 Å². The van der Waals surface area contributed by atoms with E-state index in [-0.39, 0.29) is 0 Å². The van der Waals surface area contributed by atoms with Crippen LogP contribution in [0.15, 0.2) is 12.1 Å². The van der Waals surface area contributed by atoms with Crippen molar-refractivity contribution in [3.05, 3.63) is 21.3 Å². The van der Waals surface area contributed by atoms with Crippen molar-refractivity contribution in [3.63, 3.8) is 0 Å². The van der Waals surface area contributed by atoms with Gasteiger partial charge in [-0.2, -0.15) is 0 Å². The minimum absolute atomic E-state index is 0.432. The molecule has 1 rings (SSSR count). The smallest absolute Gasteiger partial charge is 0.248 e. The topological polar surface area (TPSA) is 61.5 Å². The van der Waals surface area contributed by atoms with Crippen molar-refractivity contribution in [3.8, 4) is 11.5 Å². The van der Waals surface area contributed by atoms with Gasteiger partial charge in [-0.05, 0) is 48.1 Å². The van der Waals surface area contributed by atoms with E-state index < -0.39 is 5.91 Å². The molecule has 0 saturated heterocycles. The molecule has 17 heavy (non-hydrogen) atoms. The molecule has 0 aliphatic heterocycles. The van der Waals surface area contributed by atoms with Gasteiger partial charge in [-0.15, -0.1) is 0 Å². The van der Waals surface area contributed by atoms with Gasteiger partial charge in [0.05, 0.1) is 16.8 Å². The zero-order valence-electron chi connectivity index (χ0n) is 9.96. The Hall–Kier alpha value is -0.980. The molecular weight excluding hydrogens is 333 g/mol. The summed E-state index contributed by atoms with van der Waals surface area (Å²) in [4.78, 5) is 11.2. The zero-order valence-corrected chi connectivity index (χ0v) is 12.1.